The standard InChI is InChI=1S/C15H30N2O2/c1-16-12-15(5-8-19-9-6-15)13-17-7-3-4-14(10-17)11-18-2/h14,16H,3-13H2,1-2H3. The summed E-state index contributed by atoms with van der Waals surface area (Å²) < 4.78 is 10.9. The number of rotatable bonds is 6. The van der Waals surface area contributed by atoms with Crippen LogP contribution in [0.5, 0.6) is 0 Å². The largest absolute Gasteiger partial charge is 0.384 e. The van der Waals surface area contributed by atoms with Crippen LogP contribution in [0.4, 0.5) is 0 Å². The molecular formula is C15H30N2O2. The van der Waals surface area contributed by atoms with Crippen molar-refractivity contribution in [2.75, 3.05) is 60.2 Å². The van der Waals surface area contributed by atoms with Crippen LogP contribution in [0.2, 0.25) is 0 Å². The molecule has 0 aromatic heterocycles. The van der Waals surface area contributed by atoms with Gasteiger partial charge >= 0.3 is 0 Å². The first-order chi connectivity index (χ1) is 9.28. The van der Waals surface area contributed by atoms with Gasteiger partial charge in [0, 0.05) is 40.0 Å². The Morgan fingerprint density at radius 2 is 2.16 bits per heavy atom. The first-order valence-corrected chi connectivity index (χ1v) is 7.72. The minimum atomic E-state index is 0.419. The summed E-state index contributed by atoms with van der Waals surface area (Å²) in [5, 5.41) is 3.40. The van der Waals surface area contributed by atoms with E-state index in [2.05, 4.69) is 17.3 Å². The van der Waals surface area contributed by atoms with Crippen LogP contribution in [0.25, 0.3) is 0 Å². The fourth-order valence-corrected chi connectivity index (χ4v) is 3.71. The summed E-state index contributed by atoms with van der Waals surface area (Å²) in [5.74, 6) is 0.727. The smallest absolute Gasteiger partial charge is 0.0502 e. The minimum Gasteiger partial charge on any atom is -0.384 e. The Labute approximate surface area is 117 Å². The molecule has 0 aromatic rings. The van der Waals surface area contributed by atoms with Gasteiger partial charge in [0.1, 0.15) is 0 Å². The molecule has 0 bridgehead atoms. The van der Waals surface area contributed by atoms with Gasteiger partial charge < -0.3 is 19.7 Å². The van der Waals surface area contributed by atoms with Crippen LogP contribution < -0.4 is 5.32 Å². The number of nitrogens with zero attached hydrogens (tertiary/aromatic N) is 1. The lowest BCUT2D eigenvalue weighted by Crippen LogP contribution is -2.49. The summed E-state index contributed by atoms with van der Waals surface area (Å²) in [5.41, 5.74) is 0.419. The molecule has 112 valence electrons. The first kappa shape index (κ1) is 15.2. The van der Waals surface area contributed by atoms with Gasteiger partial charge in [-0.15, -0.1) is 0 Å². The molecule has 1 N–H and O–H groups in total. The van der Waals surface area contributed by atoms with Gasteiger partial charge in [-0.3, -0.25) is 0 Å². The number of methoxy groups -OCH3 is 1. The summed E-state index contributed by atoms with van der Waals surface area (Å²) in [7, 11) is 3.89. The molecule has 4 heteroatoms. The lowest BCUT2D eigenvalue weighted by atomic mass is 9.79. The SMILES string of the molecule is CNCC1(CN2CCCC(COC)C2)CCOCC1. The summed E-state index contributed by atoms with van der Waals surface area (Å²) in [6, 6.07) is 0. The van der Waals surface area contributed by atoms with E-state index in [0.29, 0.717) is 5.41 Å². The minimum absolute atomic E-state index is 0.419. The number of hydrogen-bond donors (Lipinski definition) is 1. The molecule has 2 fully saturated rings. The van der Waals surface area contributed by atoms with Crippen molar-refractivity contribution in [2.45, 2.75) is 25.7 Å². The highest BCUT2D eigenvalue weighted by Gasteiger charge is 2.35. The average Bonchev–Trinajstić information content (AvgIpc) is 2.41. The molecule has 19 heavy (non-hydrogen) atoms. The Kier molecular flexibility index (Phi) is 6.07. The molecule has 0 aromatic carbocycles. The second-order valence-electron chi connectivity index (χ2n) is 6.34. The van der Waals surface area contributed by atoms with Gasteiger partial charge in [0.05, 0.1) is 6.61 Å². The normalized spacial score (nSPS) is 28.4. The van der Waals surface area contributed by atoms with E-state index in [9.17, 15) is 0 Å². The Hall–Kier alpha value is -0.160. The van der Waals surface area contributed by atoms with E-state index in [1.54, 1.807) is 0 Å². The van der Waals surface area contributed by atoms with Crippen molar-refractivity contribution in [1.82, 2.24) is 10.2 Å². The fraction of sp³-hybridized carbons (Fsp3) is 1.00. The maximum Gasteiger partial charge on any atom is 0.0502 e. The van der Waals surface area contributed by atoms with Crippen LogP contribution >= 0.6 is 0 Å². The zero-order valence-electron chi connectivity index (χ0n) is 12.6. The quantitative estimate of drug-likeness (QED) is 0.790. The zero-order valence-corrected chi connectivity index (χ0v) is 12.6. The highest BCUT2D eigenvalue weighted by Crippen LogP contribution is 2.32. The number of nitrogens with one attached hydrogen (secondary N) is 1. The molecule has 2 aliphatic heterocycles. The van der Waals surface area contributed by atoms with Gasteiger partial charge in [-0.25, -0.2) is 0 Å². The molecule has 2 aliphatic rings. The number of piperidine rings is 1. The van der Waals surface area contributed by atoms with Crippen molar-refractivity contribution in [3.05, 3.63) is 0 Å². The highest BCUT2D eigenvalue weighted by atomic mass is 16.5. The highest BCUT2D eigenvalue weighted by molar-refractivity contribution is 4.88. The van der Waals surface area contributed by atoms with Crippen LogP contribution in [0.3, 0.4) is 0 Å². The van der Waals surface area contributed by atoms with E-state index < -0.39 is 0 Å². The molecular weight excluding hydrogens is 240 g/mol. The summed E-state index contributed by atoms with van der Waals surface area (Å²) >= 11 is 0. The molecule has 2 rings (SSSR count). The molecule has 0 aliphatic carbocycles. The Bertz CT molecular complexity index is 247. The van der Waals surface area contributed by atoms with Crippen molar-refractivity contribution in [3.8, 4) is 0 Å². The predicted molar refractivity (Wildman–Crippen MR) is 77.5 cm³/mol. The maximum atomic E-state index is 5.55. The zero-order chi connectivity index (χ0) is 13.6. The number of hydrogen-bond acceptors (Lipinski definition) is 4. The van der Waals surface area contributed by atoms with Crippen LogP contribution in [0, 0.1) is 11.3 Å². The third-order valence-electron chi connectivity index (χ3n) is 4.67. The van der Waals surface area contributed by atoms with Gasteiger partial charge in [0.2, 0.25) is 0 Å². The Morgan fingerprint density at radius 1 is 1.37 bits per heavy atom. The Morgan fingerprint density at radius 3 is 2.84 bits per heavy atom. The van der Waals surface area contributed by atoms with E-state index in [4.69, 9.17) is 9.47 Å². The van der Waals surface area contributed by atoms with Crippen molar-refractivity contribution < 1.29 is 9.47 Å². The summed E-state index contributed by atoms with van der Waals surface area (Å²) in [6.07, 6.45) is 5.03. The van der Waals surface area contributed by atoms with Gasteiger partial charge in [-0.1, -0.05) is 0 Å². The number of likely N-dealkylation sites (tertiary alicyclic amines) is 1. The van der Waals surface area contributed by atoms with E-state index >= 15 is 0 Å². The molecule has 0 saturated carbocycles. The molecule has 0 amide bonds. The first-order valence-electron chi connectivity index (χ1n) is 7.72. The van der Waals surface area contributed by atoms with Crippen molar-refractivity contribution in [2.24, 2.45) is 11.3 Å². The van der Waals surface area contributed by atoms with Crippen molar-refractivity contribution >= 4 is 0 Å². The fourth-order valence-electron chi connectivity index (χ4n) is 3.71. The van der Waals surface area contributed by atoms with Gasteiger partial charge in [-0.2, -0.15) is 0 Å². The summed E-state index contributed by atoms with van der Waals surface area (Å²) in [6.45, 7) is 7.57. The lowest BCUT2D eigenvalue weighted by Gasteiger charge is -2.43. The molecule has 0 radical (unpaired) electrons. The third-order valence-corrected chi connectivity index (χ3v) is 4.67. The van der Waals surface area contributed by atoms with Crippen LogP contribution in [0.15, 0.2) is 0 Å². The van der Waals surface area contributed by atoms with Crippen LogP contribution in [-0.2, 0) is 9.47 Å². The van der Waals surface area contributed by atoms with Crippen LogP contribution in [-0.4, -0.2) is 65.1 Å². The monoisotopic (exact) mass is 270 g/mol. The number of ether oxygens (including phenoxy) is 2. The van der Waals surface area contributed by atoms with E-state index in [0.717, 1.165) is 32.3 Å². The molecule has 2 saturated heterocycles. The van der Waals surface area contributed by atoms with Crippen molar-refractivity contribution in [1.29, 1.82) is 0 Å². The van der Waals surface area contributed by atoms with Crippen LogP contribution in [0.1, 0.15) is 25.7 Å². The Balaban J connectivity index is 1.88. The van der Waals surface area contributed by atoms with Gasteiger partial charge in [0.15, 0.2) is 0 Å². The van der Waals surface area contributed by atoms with Gasteiger partial charge in [-0.05, 0) is 50.6 Å². The van der Waals surface area contributed by atoms with E-state index in [-0.39, 0.29) is 0 Å². The van der Waals surface area contributed by atoms with Crippen molar-refractivity contribution in [3.63, 3.8) is 0 Å². The second-order valence-corrected chi connectivity index (χ2v) is 6.34. The molecule has 2 heterocycles. The molecule has 4 nitrogen and oxygen atoms in total. The maximum absolute atomic E-state index is 5.55. The summed E-state index contributed by atoms with van der Waals surface area (Å²) in [4.78, 5) is 2.66. The van der Waals surface area contributed by atoms with E-state index in [1.165, 1.54) is 45.3 Å². The average molecular weight is 270 g/mol. The second kappa shape index (κ2) is 7.58. The van der Waals surface area contributed by atoms with Gasteiger partial charge in [0.25, 0.3) is 0 Å². The topological polar surface area (TPSA) is 33.7 Å². The lowest BCUT2D eigenvalue weighted by molar-refractivity contribution is -0.0142. The molecule has 0 spiro atoms. The third kappa shape index (κ3) is 4.42. The molecule has 1 atom stereocenters. The van der Waals surface area contributed by atoms with E-state index in [1.807, 2.05) is 7.11 Å². The predicted octanol–water partition coefficient (Wildman–Crippen LogP) is 1.36. The molecule has 1 unspecified atom stereocenters.